The summed E-state index contributed by atoms with van der Waals surface area (Å²) in [5.41, 5.74) is 39.7. The van der Waals surface area contributed by atoms with Gasteiger partial charge in [-0.2, -0.15) is 0 Å². The number of carbonyl (C=O) groups excluding carboxylic acids is 14. The Kier molecular flexibility index (Phi) is 34.5. The molecule has 0 aliphatic carbocycles. The van der Waals surface area contributed by atoms with Gasteiger partial charge in [0.1, 0.15) is 48.3 Å². The predicted octanol–water partition coefficient (Wildman–Crippen LogP) is -10.9. The highest BCUT2D eigenvalue weighted by molar-refractivity contribution is 6.00. The van der Waals surface area contributed by atoms with Crippen LogP contribution in [0.2, 0.25) is 0 Å². The van der Waals surface area contributed by atoms with Crippen LogP contribution in [-0.4, -0.2) is 263 Å². The second-order valence-corrected chi connectivity index (χ2v) is 23.8. The molecule has 1 aromatic carbocycles. The first-order chi connectivity index (χ1) is 47.9. The van der Waals surface area contributed by atoms with E-state index in [2.05, 4.69) is 73.5 Å². The zero-order valence-corrected chi connectivity index (χ0v) is 55.9. The van der Waals surface area contributed by atoms with Crippen molar-refractivity contribution < 1.29 is 87.2 Å². The molecule has 10 atom stereocenters. The molecule has 2 aliphatic rings. The number of hydrogen-bond acceptors (Lipinski definition) is 21. The van der Waals surface area contributed by atoms with Crippen LogP contribution in [0.25, 0.3) is 10.9 Å². The van der Waals surface area contributed by atoms with E-state index in [1.54, 1.807) is 30.5 Å². The summed E-state index contributed by atoms with van der Waals surface area (Å²) < 4.78 is 0. The molecule has 0 unspecified atom stereocenters. The summed E-state index contributed by atoms with van der Waals surface area (Å²) in [6.07, 6.45) is 1.95. The van der Waals surface area contributed by atoms with E-state index in [1.165, 1.54) is 9.80 Å². The number of para-hydroxylation sites is 1. The number of primary amides is 1. The van der Waals surface area contributed by atoms with Crippen molar-refractivity contribution in [2.24, 2.45) is 50.1 Å². The summed E-state index contributed by atoms with van der Waals surface area (Å²) in [5.74, 6) is -14.5. The zero-order chi connectivity index (χ0) is 74.9. The number of H-pyrrole nitrogens is 1. The fraction of sp³-hybridized carbons (Fsp3) is 0.583. The molecule has 0 radical (unpaired) electrons. The Bertz CT molecular complexity index is 3320. The van der Waals surface area contributed by atoms with Gasteiger partial charge in [-0.3, -0.25) is 77.1 Å². The number of nitrogens with zero attached hydrogens (tertiary/aromatic N) is 4. The van der Waals surface area contributed by atoms with Crippen LogP contribution in [0, 0.1) is 0 Å². The third-order valence-corrected chi connectivity index (χ3v) is 16.0. The normalized spacial score (nSPS) is 16.3. The van der Waals surface area contributed by atoms with E-state index in [1.807, 2.05) is 0 Å². The predicted molar refractivity (Wildman–Crippen MR) is 359 cm³/mol. The van der Waals surface area contributed by atoms with Crippen LogP contribution in [0.5, 0.6) is 0 Å². The molecule has 0 saturated carbocycles. The molecule has 0 spiro atoms. The van der Waals surface area contributed by atoms with Crippen LogP contribution < -0.4 is 98.6 Å². The number of aliphatic hydroxyl groups excluding tert-OH is 2. The van der Waals surface area contributed by atoms with Gasteiger partial charge >= 0.3 is 5.97 Å². The molecule has 2 saturated heterocycles. The number of carbonyl (C=O) groups is 15. The van der Waals surface area contributed by atoms with Crippen LogP contribution in [0.15, 0.2) is 40.4 Å². The van der Waals surface area contributed by atoms with Gasteiger partial charge in [-0.25, -0.2) is 4.79 Å². The lowest BCUT2D eigenvalue weighted by Crippen LogP contribution is -2.60. The summed E-state index contributed by atoms with van der Waals surface area (Å²) in [5, 5.41) is 55.8. The molecule has 4 rings (SSSR count). The minimum atomic E-state index is -1.88. The van der Waals surface area contributed by atoms with Crippen LogP contribution in [0.3, 0.4) is 0 Å². The van der Waals surface area contributed by atoms with Gasteiger partial charge in [-0.15, -0.1) is 0 Å². The monoisotopic (exact) mass is 1430 g/mol. The molecule has 2 aromatic rings. The van der Waals surface area contributed by atoms with E-state index in [4.69, 9.17) is 40.1 Å². The maximum absolute atomic E-state index is 14.2. The van der Waals surface area contributed by atoms with Crippen molar-refractivity contribution in [1.82, 2.24) is 73.3 Å². The van der Waals surface area contributed by atoms with Gasteiger partial charge in [0, 0.05) is 49.7 Å². The number of rotatable bonds is 43. The third-order valence-electron chi connectivity index (χ3n) is 16.0. The number of aliphatic hydroxyl groups is 2. The topological polar surface area (TPSA) is 678 Å². The number of fused-ring (bicyclic) bond motifs is 1. The number of aromatic amines is 1. The highest BCUT2D eigenvalue weighted by Gasteiger charge is 2.42. The lowest BCUT2D eigenvalue weighted by molar-refractivity contribution is -0.144. The van der Waals surface area contributed by atoms with E-state index >= 15 is 0 Å². The number of aliphatic carboxylic acids is 1. The average molecular weight is 1430 g/mol. The van der Waals surface area contributed by atoms with Gasteiger partial charge in [-0.05, 0) is 95.7 Å². The average Bonchev–Trinajstić information content (AvgIpc) is 1.67. The van der Waals surface area contributed by atoms with E-state index in [-0.39, 0.29) is 76.6 Å². The molecule has 41 heteroatoms. The largest absolute Gasteiger partial charge is 0.480 e. The summed E-state index contributed by atoms with van der Waals surface area (Å²) in [6, 6.07) is -5.56. The quantitative estimate of drug-likeness (QED) is 0.0167. The summed E-state index contributed by atoms with van der Waals surface area (Å²) in [7, 11) is 0. The molecule has 2 aliphatic heterocycles. The second kappa shape index (κ2) is 42.2. The van der Waals surface area contributed by atoms with Gasteiger partial charge in [-0.1, -0.05) is 18.2 Å². The van der Waals surface area contributed by atoms with Gasteiger partial charge in [0.15, 0.2) is 11.9 Å². The molecule has 29 N–H and O–H groups in total. The van der Waals surface area contributed by atoms with Gasteiger partial charge < -0.3 is 129 Å². The second-order valence-electron chi connectivity index (χ2n) is 23.8. The molecule has 0 bridgehead atoms. The first-order valence-corrected chi connectivity index (χ1v) is 32.6. The van der Waals surface area contributed by atoms with Crippen molar-refractivity contribution in [1.29, 1.82) is 0 Å². The fourth-order valence-corrected chi connectivity index (χ4v) is 10.8. The Labute approximate surface area is 579 Å². The Morgan fingerprint density at radius 1 is 0.564 bits per heavy atom. The van der Waals surface area contributed by atoms with E-state index in [9.17, 15) is 87.2 Å². The highest BCUT2D eigenvalue weighted by atomic mass is 16.4. The van der Waals surface area contributed by atoms with Crippen molar-refractivity contribution >= 4 is 111 Å². The van der Waals surface area contributed by atoms with Crippen LogP contribution >= 0.6 is 0 Å². The number of aromatic nitrogens is 1. The van der Waals surface area contributed by atoms with Crippen molar-refractivity contribution in [3.05, 3.63) is 36.0 Å². The zero-order valence-electron chi connectivity index (χ0n) is 55.9. The van der Waals surface area contributed by atoms with Crippen LogP contribution in [-0.2, 0) is 78.3 Å². The number of aliphatic imine (C=N–C) groups is 2. The van der Waals surface area contributed by atoms with Gasteiger partial charge in [0.2, 0.25) is 82.7 Å². The van der Waals surface area contributed by atoms with Crippen molar-refractivity contribution in [2.45, 2.75) is 151 Å². The summed E-state index contributed by atoms with van der Waals surface area (Å²) in [6.45, 7) is -2.73. The number of carboxylic acids is 1. The smallest absolute Gasteiger partial charge is 0.326 e. The lowest BCUT2D eigenvalue weighted by atomic mass is 10.0. The van der Waals surface area contributed by atoms with Crippen molar-refractivity contribution in [2.75, 3.05) is 72.1 Å². The molecule has 1 aromatic heterocycles. The summed E-state index contributed by atoms with van der Waals surface area (Å²) in [4.78, 5) is 211. The maximum atomic E-state index is 14.2. The van der Waals surface area contributed by atoms with E-state index < -0.39 is 195 Å². The minimum Gasteiger partial charge on any atom is -0.480 e. The number of nitrogens with one attached hydrogen (secondary N) is 12. The molecule has 14 amide bonds. The van der Waals surface area contributed by atoms with Crippen LogP contribution in [0.1, 0.15) is 89.5 Å². The number of benzene rings is 1. The number of carboxylic acid groups (broad SMARTS) is 1. The van der Waals surface area contributed by atoms with E-state index in [0.717, 1.165) is 6.92 Å². The first kappa shape index (κ1) is 82.6. The molecular weight excluding hydrogens is 1330 g/mol. The number of guanidine groups is 2. The standard InChI is InChI=1S/C60H95N23O18/c1-31(85)49(55(97)75-27-46(89)73-29-48(91)77-40(30-84)52(94)79-37(58(100)101)14-7-19-69-60(66)67)81-51(93)39(23-43(63)86)80-50(92)38(22-32-24-70-35-12-3-2-10-33(32)35)76-47(90)28-72-44(87)25-71-45(88)26-74-53(95)41-15-8-21-83(41)57(99)36(13-4-5-17-61)78-54(96)42-16-9-20-82(42)56(98)34(62)11-6-18-68-59(64)65/h2-3,10,12,24,31,34,36-42,49,70,84-85H,4-9,11,13-23,25-30,61-62H2,1H3,(H2,63,86)(H,71,88)(H,72,87)(H,73,89)(H,74,95)(H,75,97)(H,76,90)(H,77,91)(H,78,96)(H,79,94)(H,80,92)(H,81,93)(H,100,101)(H4,64,65,68)(H4,66,67,69)/t31-,34+,36+,37+,38+,39+,40+,41+,42+,49+/m1/s1. The lowest BCUT2D eigenvalue weighted by Gasteiger charge is -2.31. The highest BCUT2D eigenvalue weighted by Crippen LogP contribution is 2.24. The Balaban J connectivity index is 1.31. The number of hydrogen-bond donors (Lipinski definition) is 22. The molecule has 558 valence electrons. The Hall–Kier alpha value is -10.8. The Morgan fingerprint density at radius 3 is 1.63 bits per heavy atom. The molecule has 41 nitrogen and oxygen atoms in total. The SMILES string of the molecule is C[C@@H](O)[C@H](NC(=O)[C@H](CC(N)=O)NC(=O)[C@H](Cc1c[nH]c2ccccc12)NC(=O)CNC(=O)CNC(=O)CNC(=O)[C@@H]1CCCN1C(=O)[C@H](CCCCN)NC(=O)[C@@H]1CCCN1C(=O)[C@@H](N)CCCN=C(N)N)C(=O)NCC(=O)NCC(=O)N[C@@H](CO)C(=O)N[C@@H](CCCN=C(N)N)C(=O)O. The van der Waals surface area contributed by atoms with Crippen molar-refractivity contribution in [3.63, 3.8) is 0 Å². The fourth-order valence-electron chi connectivity index (χ4n) is 10.8. The molecular formula is C60H95N23O18. The number of amides is 14. The van der Waals surface area contributed by atoms with E-state index in [0.29, 0.717) is 61.5 Å². The number of unbranched alkanes of at least 4 members (excludes halogenated alkanes) is 1. The third kappa shape index (κ3) is 28.2. The molecule has 101 heavy (non-hydrogen) atoms. The van der Waals surface area contributed by atoms with Gasteiger partial charge in [0.25, 0.3) is 0 Å². The van der Waals surface area contributed by atoms with Crippen LogP contribution in [0.4, 0.5) is 0 Å². The number of nitrogens with two attached hydrogens (primary N) is 7. The van der Waals surface area contributed by atoms with Crippen molar-refractivity contribution in [3.8, 4) is 0 Å². The maximum Gasteiger partial charge on any atom is 0.326 e. The summed E-state index contributed by atoms with van der Waals surface area (Å²) >= 11 is 0. The first-order valence-electron chi connectivity index (χ1n) is 32.6. The molecule has 3 heterocycles. The minimum absolute atomic E-state index is 0.0494. The molecule has 2 fully saturated rings. The number of likely N-dealkylation sites (tertiary alicyclic amines) is 2. The van der Waals surface area contributed by atoms with Gasteiger partial charge in [0.05, 0.1) is 57.9 Å². The Morgan fingerprint density at radius 2 is 1.07 bits per heavy atom.